The van der Waals surface area contributed by atoms with Crippen molar-refractivity contribution in [3.8, 4) is 0 Å². The maximum atomic E-state index is 5.83. The molecule has 0 spiro atoms. The fourth-order valence-electron chi connectivity index (χ4n) is 1.46. The van der Waals surface area contributed by atoms with E-state index in [1.165, 1.54) is 5.56 Å². The summed E-state index contributed by atoms with van der Waals surface area (Å²) in [5, 5.41) is 4.01. The Bertz CT molecular complexity index is 363. The Labute approximate surface area is 132 Å². The Hall–Kier alpha value is -0.490. The maximum Gasteiger partial charge on any atom is 0.193 e. The van der Waals surface area contributed by atoms with Crippen molar-refractivity contribution in [2.75, 3.05) is 27.2 Å². The van der Waals surface area contributed by atoms with Gasteiger partial charge in [-0.3, -0.25) is 4.99 Å². The molecule has 5 heteroatoms. The molecule has 0 bridgehead atoms. The molecule has 0 saturated carbocycles. The summed E-state index contributed by atoms with van der Waals surface area (Å²) in [5.74, 6) is 0.932. The molecule has 0 aromatic heterocycles. The van der Waals surface area contributed by atoms with E-state index in [1.807, 2.05) is 43.3 Å². The van der Waals surface area contributed by atoms with Crippen LogP contribution in [-0.4, -0.2) is 38.0 Å². The Morgan fingerprint density at radius 3 is 2.39 bits per heavy atom. The second-order valence-electron chi connectivity index (χ2n) is 4.01. The highest BCUT2D eigenvalue weighted by Gasteiger charge is 1.99. The lowest BCUT2D eigenvalue weighted by Crippen LogP contribution is -2.36. The smallest absolute Gasteiger partial charge is 0.193 e. The number of nitrogens with zero attached hydrogens (tertiary/aromatic N) is 2. The van der Waals surface area contributed by atoms with Gasteiger partial charge in [-0.05, 0) is 31.0 Å². The average molecular weight is 382 g/mol. The predicted octanol–water partition coefficient (Wildman–Crippen LogP) is 3.03. The van der Waals surface area contributed by atoms with Gasteiger partial charge in [-0.1, -0.05) is 23.7 Å². The fourth-order valence-corrected chi connectivity index (χ4v) is 1.58. The first-order valence-electron chi connectivity index (χ1n) is 5.83. The van der Waals surface area contributed by atoms with Crippen molar-refractivity contribution in [1.29, 1.82) is 0 Å². The van der Waals surface area contributed by atoms with Crippen LogP contribution in [0.25, 0.3) is 0 Å². The molecule has 102 valence electrons. The zero-order chi connectivity index (χ0) is 12.7. The number of benzene rings is 1. The first-order chi connectivity index (χ1) is 8.13. The van der Waals surface area contributed by atoms with E-state index in [2.05, 4.69) is 17.2 Å². The molecule has 0 heterocycles. The van der Waals surface area contributed by atoms with Gasteiger partial charge in [-0.25, -0.2) is 0 Å². The van der Waals surface area contributed by atoms with Crippen LogP contribution < -0.4 is 5.32 Å². The van der Waals surface area contributed by atoms with Crippen molar-refractivity contribution >= 4 is 41.5 Å². The minimum Gasteiger partial charge on any atom is -0.357 e. The van der Waals surface area contributed by atoms with Crippen LogP contribution >= 0.6 is 35.6 Å². The molecule has 0 atom stereocenters. The van der Waals surface area contributed by atoms with Crippen molar-refractivity contribution in [3.63, 3.8) is 0 Å². The van der Waals surface area contributed by atoms with E-state index in [1.54, 1.807) is 0 Å². The van der Waals surface area contributed by atoms with E-state index in [0.29, 0.717) is 0 Å². The highest BCUT2D eigenvalue weighted by atomic mass is 127. The van der Waals surface area contributed by atoms with Gasteiger partial charge in [0.2, 0.25) is 0 Å². The van der Waals surface area contributed by atoms with E-state index in [-0.39, 0.29) is 24.0 Å². The summed E-state index contributed by atoms with van der Waals surface area (Å²) >= 11 is 5.83. The second-order valence-corrected chi connectivity index (χ2v) is 4.44. The minimum absolute atomic E-state index is 0. The van der Waals surface area contributed by atoms with Gasteiger partial charge in [-0.15, -0.1) is 24.0 Å². The van der Waals surface area contributed by atoms with Crippen LogP contribution in [0.3, 0.4) is 0 Å². The van der Waals surface area contributed by atoms with Crippen LogP contribution in [0.5, 0.6) is 0 Å². The SMILES string of the molecule is CCNC(=NCCc1ccc(Cl)cc1)N(C)C.I. The van der Waals surface area contributed by atoms with E-state index in [9.17, 15) is 0 Å². The Morgan fingerprint density at radius 1 is 1.28 bits per heavy atom. The van der Waals surface area contributed by atoms with Crippen LogP contribution in [0, 0.1) is 0 Å². The monoisotopic (exact) mass is 381 g/mol. The van der Waals surface area contributed by atoms with Gasteiger partial charge in [0, 0.05) is 32.2 Å². The largest absolute Gasteiger partial charge is 0.357 e. The lowest BCUT2D eigenvalue weighted by Gasteiger charge is -2.16. The number of guanidine groups is 1. The topological polar surface area (TPSA) is 27.6 Å². The van der Waals surface area contributed by atoms with E-state index >= 15 is 0 Å². The summed E-state index contributed by atoms with van der Waals surface area (Å²) in [5.41, 5.74) is 1.26. The van der Waals surface area contributed by atoms with Gasteiger partial charge in [0.25, 0.3) is 0 Å². The van der Waals surface area contributed by atoms with Gasteiger partial charge < -0.3 is 10.2 Å². The standard InChI is InChI=1S/C13H20ClN3.HI/c1-4-15-13(17(2)3)16-10-9-11-5-7-12(14)8-6-11;/h5-8H,4,9-10H2,1-3H3,(H,15,16);1H. The highest BCUT2D eigenvalue weighted by Crippen LogP contribution is 2.09. The molecule has 0 fully saturated rings. The first kappa shape index (κ1) is 17.5. The van der Waals surface area contributed by atoms with Gasteiger partial charge >= 0.3 is 0 Å². The summed E-state index contributed by atoms with van der Waals surface area (Å²) in [6, 6.07) is 7.91. The number of rotatable bonds is 4. The maximum absolute atomic E-state index is 5.83. The average Bonchev–Trinajstić information content (AvgIpc) is 2.30. The van der Waals surface area contributed by atoms with Crippen molar-refractivity contribution in [2.45, 2.75) is 13.3 Å². The molecular weight excluding hydrogens is 361 g/mol. The molecule has 0 saturated heterocycles. The zero-order valence-corrected chi connectivity index (χ0v) is 14.2. The van der Waals surface area contributed by atoms with Crippen LogP contribution in [0.2, 0.25) is 5.02 Å². The summed E-state index contributed by atoms with van der Waals surface area (Å²) in [6.07, 6.45) is 0.930. The molecule has 0 amide bonds. The van der Waals surface area contributed by atoms with Gasteiger partial charge in [0.05, 0.1) is 0 Å². The number of hydrogen-bond acceptors (Lipinski definition) is 1. The van der Waals surface area contributed by atoms with Crippen molar-refractivity contribution in [3.05, 3.63) is 34.9 Å². The quantitative estimate of drug-likeness (QED) is 0.493. The van der Waals surface area contributed by atoms with Crippen molar-refractivity contribution < 1.29 is 0 Å². The van der Waals surface area contributed by atoms with E-state index in [0.717, 1.165) is 30.5 Å². The second kappa shape index (κ2) is 9.44. The number of nitrogens with one attached hydrogen (secondary N) is 1. The third-order valence-corrected chi connectivity index (χ3v) is 2.59. The molecular formula is C13H21ClIN3. The Balaban J connectivity index is 0.00000289. The molecule has 0 unspecified atom stereocenters. The Kier molecular flexibility index (Phi) is 9.18. The number of aliphatic imine (C=N–C) groups is 1. The van der Waals surface area contributed by atoms with Crippen LogP contribution in [-0.2, 0) is 6.42 Å². The molecule has 1 rings (SSSR count). The normalized spacial score (nSPS) is 10.8. The molecule has 0 aliphatic heterocycles. The van der Waals surface area contributed by atoms with Crippen molar-refractivity contribution in [1.82, 2.24) is 10.2 Å². The molecule has 0 aliphatic carbocycles. The van der Waals surface area contributed by atoms with Crippen molar-refractivity contribution in [2.24, 2.45) is 4.99 Å². The fraction of sp³-hybridized carbons (Fsp3) is 0.462. The first-order valence-corrected chi connectivity index (χ1v) is 6.21. The van der Waals surface area contributed by atoms with Crippen LogP contribution in [0.1, 0.15) is 12.5 Å². The summed E-state index contributed by atoms with van der Waals surface area (Å²) in [4.78, 5) is 6.52. The number of hydrogen-bond donors (Lipinski definition) is 1. The van der Waals surface area contributed by atoms with Crippen LogP contribution in [0.4, 0.5) is 0 Å². The zero-order valence-electron chi connectivity index (χ0n) is 11.1. The molecule has 0 radical (unpaired) electrons. The lowest BCUT2D eigenvalue weighted by atomic mass is 10.1. The summed E-state index contributed by atoms with van der Waals surface area (Å²) < 4.78 is 0. The molecule has 18 heavy (non-hydrogen) atoms. The van der Waals surface area contributed by atoms with Gasteiger partial charge in [0.1, 0.15) is 0 Å². The van der Waals surface area contributed by atoms with E-state index in [4.69, 9.17) is 11.6 Å². The minimum atomic E-state index is 0. The predicted molar refractivity (Wildman–Crippen MR) is 90.2 cm³/mol. The highest BCUT2D eigenvalue weighted by molar-refractivity contribution is 14.0. The third kappa shape index (κ3) is 6.44. The molecule has 3 nitrogen and oxygen atoms in total. The molecule has 0 aliphatic rings. The molecule has 1 aromatic carbocycles. The summed E-state index contributed by atoms with van der Waals surface area (Å²) in [7, 11) is 3.98. The molecule has 1 aromatic rings. The van der Waals surface area contributed by atoms with Crippen LogP contribution in [0.15, 0.2) is 29.3 Å². The summed E-state index contributed by atoms with van der Waals surface area (Å²) in [6.45, 7) is 3.73. The third-order valence-electron chi connectivity index (χ3n) is 2.33. The van der Waals surface area contributed by atoms with Gasteiger partial charge in [0.15, 0.2) is 5.96 Å². The number of halogens is 2. The lowest BCUT2D eigenvalue weighted by molar-refractivity contribution is 0.583. The molecule has 1 N–H and O–H groups in total. The van der Waals surface area contributed by atoms with E-state index < -0.39 is 0 Å². The Morgan fingerprint density at radius 2 is 1.89 bits per heavy atom. The van der Waals surface area contributed by atoms with Gasteiger partial charge in [-0.2, -0.15) is 0 Å².